The van der Waals surface area contributed by atoms with Gasteiger partial charge in [0.15, 0.2) is 4.32 Å². The molecule has 2 aromatic rings. The van der Waals surface area contributed by atoms with Crippen LogP contribution >= 0.6 is 47.2 Å². The molecular weight excluding hydrogens is 447 g/mol. The van der Waals surface area contributed by atoms with Gasteiger partial charge in [-0.15, -0.1) is 4.83 Å². The van der Waals surface area contributed by atoms with E-state index in [1.807, 2.05) is 0 Å². The second kappa shape index (κ2) is 7.90. The monoisotopic (exact) mass is 458 g/mol. The molecule has 1 amide bonds. The first-order valence-electron chi connectivity index (χ1n) is 7.51. The molecule has 1 heterocycles. The third-order valence-electron chi connectivity index (χ3n) is 3.73. The van der Waals surface area contributed by atoms with Crippen molar-refractivity contribution in [2.45, 2.75) is 11.8 Å². The fourth-order valence-electron chi connectivity index (χ4n) is 2.31. The summed E-state index contributed by atoms with van der Waals surface area (Å²) in [6.07, 6.45) is 0. The van der Waals surface area contributed by atoms with Crippen molar-refractivity contribution in [3.05, 3.63) is 69.0 Å². The zero-order valence-electron chi connectivity index (χ0n) is 13.8. The summed E-state index contributed by atoms with van der Waals surface area (Å²) in [7, 11) is -3.94. The largest absolute Gasteiger partial charge is 0.281 e. The molecule has 0 bridgehead atoms. The molecule has 1 aliphatic heterocycles. The fraction of sp³-hybridized carbons (Fsp3) is 0.0588. The molecule has 0 aromatic heterocycles. The van der Waals surface area contributed by atoms with Crippen LogP contribution in [0.2, 0.25) is 10.0 Å². The molecule has 0 radical (unpaired) electrons. The van der Waals surface area contributed by atoms with Crippen LogP contribution in [0.25, 0.3) is 5.57 Å². The molecule has 1 aliphatic rings. The van der Waals surface area contributed by atoms with Gasteiger partial charge >= 0.3 is 0 Å². The Hall–Kier alpha value is -1.42. The molecule has 1 fully saturated rings. The minimum absolute atomic E-state index is 0.0317. The maximum absolute atomic E-state index is 12.8. The zero-order valence-corrected chi connectivity index (χ0v) is 17.7. The number of benzene rings is 2. The summed E-state index contributed by atoms with van der Waals surface area (Å²) < 4.78 is 25.1. The fourth-order valence-corrected chi connectivity index (χ4v) is 4.98. The first-order chi connectivity index (χ1) is 12.7. The number of nitrogens with one attached hydrogen (secondary N) is 1. The molecule has 1 saturated heterocycles. The van der Waals surface area contributed by atoms with Crippen LogP contribution in [-0.2, 0) is 14.8 Å². The van der Waals surface area contributed by atoms with Crippen molar-refractivity contribution >= 4 is 73.0 Å². The van der Waals surface area contributed by atoms with Crippen molar-refractivity contribution in [3.8, 4) is 0 Å². The third kappa shape index (κ3) is 4.21. The summed E-state index contributed by atoms with van der Waals surface area (Å²) in [6.45, 7) is 1.73. The van der Waals surface area contributed by atoms with Crippen molar-refractivity contribution in [2.75, 3.05) is 0 Å². The topological polar surface area (TPSA) is 66.5 Å². The number of hydrogen-bond acceptors (Lipinski definition) is 5. The molecule has 5 nitrogen and oxygen atoms in total. The van der Waals surface area contributed by atoms with Crippen LogP contribution in [0.1, 0.15) is 12.5 Å². The van der Waals surface area contributed by atoms with E-state index in [2.05, 4.69) is 4.83 Å². The average Bonchev–Trinajstić information content (AvgIpc) is 2.92. The van der Waals surface area contributed by atoms with Gasteiger partial charge in [0, 0.05) is 0 Å². The van der Waals surface area contributed by atoms with E-state index in [9.17, 15) is 13.2 Å². The van der Waals surface area contributed by atoms with E-state index < -0.39 is 15.9 Å². The highest BCUT2D eigenvalue weighted by Gasteiger charge is 2.37. The van der Waals surface area contributed by atoms with Crippen LogP contribution in [0, 0.1) is 0 Å². The second-order valence-electron chi connectivity index (χ2n) is 5.50. The molecule has 0 unspecified atom stereocenters. The van der Waals surface area contributed by atoms with Gasteiger partial charge in [-0.2, -0.15) is 0 Å². The summed E-state index contributed by atoms with van der Waals surface area (Å²) in [4.78, 5) is 15.4. The van der Waals surface area contributed by atoms with E-state index in [-0.39, 0.29) is 9.22 Å². The van der Waals surface area contributed by atoms with E-state index >= 15 is 0 Å². The van der Waals surface area contributed by atoms with Crippen molar-refractivity contribution in [1.29, 1.82) is 0 Å². The molecule has 0 spiro atoms. The van der Waals surface area contributed by atoms with Gasteiger partial charge in [-0.05, 0) is 42.3 Å². The number of amides is 1. The Labute approximate surface area is 176 Å². The van der Waals surface area contributed by atoms with Gasteiger partial charge in [-0.1, -0.05) is 71.4 Å². The lowest BCUT2D eigenvalue weighted by atomic mass is 10.1. The number of thioether (sulfide) groups is 1. The Balaban J connectivity index is 1.92. The van der Waals surface area contributed by atoms with E-state index in [4.69, 9.17) is 35.4 Å². The van der Waals surface area contributed by atoms with Crippen LogP contribution in [0.15, 0.2) is 58.3 Å². The lowest BCUT2D eigenvalue weighted by Gasteiger charge is -2.16. The minimum atomic E-state index is -3.94. The first-order valence-corrected chi connectivity index (χ1v) is 11.0. The standard InChI is InChI=1S/C17H12Cl2N2O3S3/c1-10(11-7-8-13(18)14(19)9-11)15-16(22)21(17(25)26-15)20-27(23,24)12-5-3-2-4-6-12/h2-9,20H,1H3/b15-10+. The highest BCUT2D eigenvalue weighted by Crippen LogP contribution is 2.37. The number of nitrogens with zero attached hydrogens (tertiary/aromatic N) is 1. The van der Waals surface area contributed by atoms with Crippen LogP contribution in [0.5, 0.6) is 0 Å². The predicted octanol–water partition coefficient (Wildman–Crippen LogP) is 4.48. The summed E-state index contributed by atoms with van der Waals surface area (Å²) >= 11 is 18.2. The molecule has 2 aromatic carbocycles. The molecule has 140 valence electrons. The van der Waals surface area contributed by atoms with Crippen molar-refractivity contribution < 1.29 is 13.2 Å². The SMILES string of the molecule is C/C(=C1\SC(=S)N(NS(=O)(=O)c2ccccc2)C1=O)c1ccc(Cl)c(Cl)c1. The van der Waals surface area contributed by atoms with Gasteiger partial charge in [0.1, 0.15) is 0 Å². The highest BCUT2D eigenvalue weighted by atomic mass is 35.5. The second-order valence-corrected chi connectivity index (χ2v) is 9.62. The van der Waals surface area contributed by atoms with Gasteiger partial charge in [0.2, 0.25) is 0 Å². The van der Waals surface area contributed by atoms with E-state index in [1.54, 1.807) is 43.3 Å². The van der Waals surface area contributed by atoms with Gasteiger partial charge in [-0.3, -0.25) is 4.79 Å². The quantitative estimate of drug-likeness (QED) is 0.540. The third-order valence-corrected chi connectivity index (χ3v) is 7.26. The molecule has 0 saturated carbocycles. The molecular formula is C17H12Cl2N2O3S3. The van der Waals surface area contributed by atoms with Crippen molar-refractivity contribution in [1.82, 2.24) is 9.84 Å². The van der Waals surface area contributed by atoms with Crippen LogP contribution in [-0.4, -0.2) is 23.7 Å². The summed E-state index contributed by atoms with van der Waals surface area (Å²) in [5, 5.41) is 1.61. The summed E-state index contributed by atoms with van der Waals surface area (Å²) in [5.74, 6) is -0.548. The first kappa shape index (κ1) is 20.3. The van der Waals surface area contributed by atoms with Crippen molar-refractivity contribution in [3.63, 3.8) is 0 Å². The Bertz CT molecular complexity index is 1070. The number of carbonyl (C=O) groups excluding carboxylic acids is 1. The zero-order chi connectivity index (χ0) is 19.8. The Kier molecular flexibility index (Phi) is 5.95. The maximum atomic E-state index is 12.8. The highest BCUT2D eigenvalue weighted by molar-refractivity contribution is 8.26. The predicted molar refractivity (Wildman–Crippen MR) is 113 cm³/mol. The van der Waals surface area contributed by atoms with Gasteiger partial charge in [0.25, 0.3) is 15.9 Å². The van der Waals surface area contributed by atoms with Crippen LogP contribution in [0.3, 0.4) is 0 Å². The van der Waals surface area contributed by atoms with Crippen LogP contribution < -0.4 is 4.83 Å². The number of carbonyl (C=O) groups is 1. The van der Waals surface area contributed by atoms with Crippen LogP contribution in [0.4, 0.5) is 0 Å². The average molecular weight is 459 g/mol. The van der Waals surface area contributed by atoms with E-state index in [1.165, 1.54) is 12.1 Å². The number of hydrazine groups is 1. The van der Waals surface area contributed by atoms with Gasteiger partial charge in [0.05, 0.1) is 19.8 Å². The number of halogens is 2. The molecule has 10 heteroatoms. The maximum Gasteiger partial charge on any atom is 0.281 e. The molecule has 27 heavy (non-hydrogen) atoms. The van der Waals surface area contributed by atoms with Gasteiger partial charge in [-0.25, -0.2) is 13.4 Å². The lowest BCUT2D eigenvalue weighted by molar-refractivity contribution is -0.123. The summed E-state index contributed by atoms with van der Waals surface area (Å²) in [6, 6.07) is 12.7. The lowest BCUT2D eigenvalue weighted by Crippen LogP contribution is -2.44. The molecule has 3 rings (SSSR count). The molecule has 0 aliphatic carbocycles. The Morgan fingerprint density at radius 2 is 1.78 bits per heavy atom. The normalized spacial score (nSPS) is 16.8. The van der Waals surface area contributed by atoms with Crippen molar-refractivity contribution in [2.24, 2.45) is 0 Å². The van der Waals surface area contributed by atoms with E-state index in [0.29, 0.717) is 26.1 Å². The Morgan fingerprint density at radius 1 is 1.11 bits per heavy atom. The molecule has 1 N–H and O–H groups in total. The summed E-state index contributed by atoms with van der Waals surface area (Å²) in [5.41, 5.74) is 1.31. The number of thiocarbonyl (C=S) groups is 1. The molecule has 0 atom stereocenters. The number of rotatable bonds is 4. The number of sulfonamides is 1. The smallest absolute Gasteiger partial charge is 0.266 e. The number of hydrogen-bond donors (Lipinski definition) is 1. The minimum Gasteiger partial charge on any atom is -0.266 e. The van der Waals surface area contributed by atoms with E-state index in [0.717, 1.165) is 16.8 Å². The Morgan fingerprint density at radius 3 is 2.41 bits per heavy atom. The number of allylic oxidation sites excluding steroid dienone is 1. The van der Waals surface area contributed by atoms with Gasteiger partial charge < -0.3 is 0 Å².